The molecule has 32 heavy (non-hydrogen) atoms. The van der Waals surface area contributed by atoms with E-state index < -0.39 is 17.9 Å². The summed E-state index contributed by atoms with van der Waals surface area (Å²) in [6.45, 7) is 6.85. The van der Waals surface area contributed by atoms with Gasteiger partial charge in [-0.2, -0.15) is 0 Å². The van der Waals surface area contributed by atoms with E-state index in [1.54, 1.807) is 0 Å². The van der Waals surface area contributed by atoms with E-state index >= 15 is 0 Å². The molecule has 0 spiro atoms. The molecule has 4 fully saturated rings. The summed E-state index contributed by atoms with van der Waals surface area (Å²) in [6.07, 6.45) is 6.58. The van der Waals surface area contributed by atoms with Gasteiger partial charge in [0.05, 0.1) is 18.8 Å². The Balaban J connectivity index is 1.58. The lowest BCUT2D eigenvalue weighted by molar-refractivity contribution is -0.183. The van der Waals surface area contributed by atoms with Crippen LogP contribution in [0.25, 0.3) is 0 Å². The number of aliphatic hydroxyl groups is 3. The zero-order chi connectivity index (χ0) is 23.1. The number of fused-ring (bicyclic) bond motifs is 7. The summed E-state index contributed by atoms with van der Waals surface area (Å²) in [6, 6.07) is 0. The largest absolute Gasteiger partial charge is 0.508 e. The highest BCUT2D eigenvalue weighted by molar-refractivity contribution is 5.60. The highest BCUT2D eigenvalue weighted by Crippen LogP contribution is 2.78. The average molecular weight is 449 g/mol. The first-order chi connectivity index (χ1) is 15.1. The third-order valence-corrected chi connectivity index (χ3v) is 10.8. The molecule has 0 bridgehead atoms. The third-order valence-electron chi connectivity index (χ3n) is 10.8. The average Bonchev–Trinajstić information content (AvgIpc) is 3.53. The lowest BCUT2D eigenvalue weighted by atomic mass is 9.43. The van der Waals surface area contributed by atoms with Gasteiger partial charge >= 0.3 is 6.16 Å². The minimum Gasteiger partial charge on any atom is -0.438 e. The van der Waals surface area contributed by atoms with Crippen molar-refractivity contribution >= 4 is 6.16 Å². The fourth-order valence-corrected chi connectivity index (χ4v) is 9.33. The van der Waals surface area contributed by atoms with E-state index in [0.717, 1.165) is 32.1 Å². The highest BCUT2D eigenvalue weighted by Gasteiger charge is 2.77. The molecule has 0 aliphatic heterocycles. The van der Waals surface area contributed by atoms with Crippen LogP contribution in [-0.2, 0) is 9.47 Å². The fourth-order valence-electron chi connectivity index (χ4n) is 9.33. The molecule has 0 amide bonds. The van der Waals surface area contributed by atoms with Crippen molar-refractivity contribution in [2.75, 3.05) is 13.7 Å². The van der Waals surface area contributed by atoms with Crippen LogP contribution in [0.1, 0.15) is 65.7 Å². The number of methoxy groups -OCH3 is 1. The monoisotopic (exact) mass is 448 g/mol. The van der Waals surface area contributed by atoms with Gasteiger partial charge in [-0.3, -0.25) is 0 Å². The number of aliphatic hydroxyl groups excluding tert-OH is 2. The molecule has 0 saturated heterocycles. The van der Waals surface area contributed by atoms with Crippen molar-refractivity contribution in [3.8, 4) is 0 Å². The van der Waals surface area contributed by atoms with Crippen LogP contribution in [-0.4, -0.2) is 53.0 Å². The summed E-state index contributed by atoms with van der Waals surface area (Å²) >= 11 is 0. The van der Waals surface area contributed by atoms with E-state index in [1.807, 2.05) is 6.08 Å². The summed E-state index contributed by atoms with van der Waals surface area (Å²) in [7, 11) is 1.35. The molecular formula is C26H40O6. The van der Waals surface area contributed by atoms with Crippen LogP contribution >= 0.6 is 0 Å². The maximum Gasteiger partial charge on any atom is 0.508 e. The van der Waals surface area contributed by atoms with E-state index in [0.29, 0.717) is 24.7 Å². The summed E-state index contributed by atoms with van der Waals surface area (Å²) in [5, 5.41) is 31.9. The van der Waals surface area contributed by atoms with Gasteiger partial charge in [-0.25, -0.2) is 4.79 Å². The Labute approximate surface area is 191 Å². The number of hydrogen-bond acceptors (Lipinski definition) is 6. The standard InChI is InChI=1S/C26H40O6/c1-14-18-12-15(28)6-9-24(18,2)17-7-10-25(3)21(20(17)22(14)32-23(29)31-4)16-13-19(16)26(25,30)8-5-11-27/h12,14-17,19-22,27-28,30H,5-11,13H2,1-4H3/t14-,15+,16-,17+,19+,20-,21+,22-,24-,25+,26+/m1/s1. The second kappa shape index (κ2) is 7.44. The molecule has 180 valence electrons. The molecule has 0 heterocycles. The Morgan fingerprint density at radius 1 is 1.22 bits per heavy atom. The quantitative estimate of drug-likeness (QED) is 0.449. The van der Waals surface area contributed by atoms with E-state index in [2.05, 4.69) is 20.8 Å². The fraction of sp³-hybridized carbons (Fsp3) is 0.885. The molecule has 6 nitrogen and oxygen atoms in total. The first-order valence-corrected chi connectivity index (χ1v) is 12.6. The van der Waals surface area contributed by atoms with Crippen LogP contribution < -0.4 is 0 Å². The molecule has 5 aliphatic rings. The predicted molar refractivity (Wildman–Crippen MR) is 119 cm³/mol. The Kier molecular flexibility index (Phi) is 5.27. The third kappa shape index (κ3) is 2.84. The Morgan fingerprint density at radius 2 is 1.97 bits per heavy atom. The van der Waals surface area contributed by atoms with Gasteiger partial charge in [-0.1, -0.05) is 32.4 Å². The normalized spacial score (nSPS) is 53.3. The van der Waals surface area contributed by atoms with Gasteiger partial charge in [0, 0.05) is 23.9 Å². The van der Waals surface area contributed by atoms with Gasteiger partial charge in [-0.05, 0) is 74.0 Å². The van der Waals surface area contributed by atoms with Crippen LogP contribution in [0.3, 0.4) is 0 Å². The minimum atomic E-state index is -0.755. The maximum atomic E-state index is 12.3. The molecule has 0 radical (unpaired) electrons. The van der Waals surface area contributed by atoms with Crippen LogP contribution in [0.4, 0.5) is 4.79 Å². The number of hydrogen-bond donors (Lipinski definition) is 3. The van der Waals surface area contributed by atoms with Crippen molar-refractivity contribution < 1.29 is 29.6 Å². The first kappa shape index (κ1) is 22.7. The molecular weight excluding hydrogens is 408 g/mol. The highest BCUT2D eigenvalue weighted by atomic mass is 16.7. The Morgan fingerprint density at radius 3 is 2.66 bits per heavy atom. The van der Waals surface area contributed by atoms with E-state index in [-0.39, 0.29) is 47.2 Å². The topological polar surface area (TPSA) is 96.2 Å². The van der Waals surface area contributed by atoms with E-state index in [1.165, 1.54) is 12.7 Å². The van der Waals surface area contributed by atoms with Crippen molar-refractivity contribution in [3.63, 3.8) is 0 Å². The summed E-state index contributed by atoms with van der Waals surface area (Å²) in [5.41, 5.74) is 0.224. The second-order valence-corrected chi connectivity index (χ2v) is 11.9. The smallest absolute Gasteiger partial charge is 0.438 e. The van der Waals surface area contributed by atoms with Gasteiger partial charge in [0.15, 0.2) is 0 Å². The summed E-state index contributed by atoms with van der Waals surface area (Å²) < 4.78 is 10.9. The van der Waals surface area contributed by atoms with Crippen LogP contribution in [0.2, 0.25) is 0 Å². The molecule has 0 aromatic carbocycles. The van der Waals surface area contributed by atoms with Gasteiger partial charge in [0.25, 0.3) is 0 Å². The van der Waals surface area contributed by atoms with Crippen LogP contribution in [0.15, 0.2) is 11.6 Å². The van der Waals surface area contributed by atoms with Gasteiger partial charge in [0.1, 0.15) is 6.10 Å². The molecule has 4 saturated carbocycles. The number of carbonyl (C=O) groups excluding carboxylic acids is 1. The molecule has 0 aromatic heterocycles. The SMILES string of the molecule is COC(=O)O[C@H]1[C@H]2[C@@H]3[C@@H]4C[C@@H]4[C@@](O)(CCCO)[C@@]3(C)CC[C@@H]2[C@@]2(C)CC[C@H](O)C=C2[C@H]1C. The Bertz CT molecular complexity index is 810. The van der Waals surface area contributed by atoms with Crippen molar-refractivity contribution in [2.24, 2.45) is 46.3 Å². The van der Waals surface area contributed by atoms with E-state index in [4.69, 9.17) is 9.47 Å². The van der Waals surface area contributed by atoms with Crippen molar-refractivity contribution in [3.05, 3.63) is 11.6 Å². The maximum absolute atomic E-state index is 12.3. The van der Waals surface area contributed by atoms with Crippen LogP contribution in [0.5, 0.6) is 0 Å². The molecule has 5 rings (SSSR count). The van der Waals surface area contributed by atoms with Crippen LogP contribution in [0, 0.1) is 46.3 Å². The molecule has 11 atom stereocenters. The zero-order valence-electron chi connectivity index (χ0n) is 19.9. The van der Waals surface area contributed by atoms with E-state index in [9.17, 15) is 20.1 Å². The number of rotatable bonds is 4. The lowest BCUT2D eigenvalue weighted by Crippen LogP contribution is -2.62. The van der Waals surface area contributed by atoms with Gasteiger partial charge in [-0.15, -0.1) is 0 Å². The lowest BCUT2D eigenvalue weighted by Gasteiger charge is -2.63. The van der Waals surface area contributed by atoms with Crippen molar-refractivity contribution in [2.45, 2.75) is 83.5 Å². The number of ether oxygens (including phenoxy) is 2. The first-order valence-electron chi connectivity index (χ1n) is 12.6. The zero-order valence-corrected chi connectivity index (χ0v) is 19.9. The Hall–Kier alpha value is -1.11. The molecule has 0 aromatic rings. The second-order valence-electron chi connectivity index (χ2n) is 11.9. The number of carbonyl (C=O) groups is 1. The van der Waals surface area contributed by atoms with Crippen molar-refractivity contribution in [1.82, 2.24) is 0 Å². The molecule has 5 aliphatic carbocycles. The predicted octanol–water partition coefficient (Wildman–Crippen LogP) is 3.68. The van der Waals surface area contributed by atoms with Gasteiger partial charge in [0.2, 0.25) is 0 Å². The summed E-state index contributed by atoms with van der Waals surface area (Å²) in [4.78, 5) is 12.3. The molecule has 3 N–H and O–H groups in total. The molecule has 0 unspecified atom stereocenters. The molecule has 6 heteroatoms. The summed E-state index contributed by atoms with van der Waals surface area (Å²) in [5.74, 6) is 1.55. The minimum absolute atomic E-state index is 0.000912. The van der Waals surface area contributed by atoms with Gasteiger partial charge < -0.3 is 24.8 Å². The van der Waals surface area contributed by atoms with Crippen molar-refractivity contribution in [1.29, 1.82) is 0 Å².